The lowest BCUT2D eigenvalue weighted by atomic mass is 10.2. The minimum Gasteiger partial charge on any atom is -0.271 e. The van der Waals surface area contributed by atoms with E-state index in [1.807, 2.05) is 29.8 Å². The summed E-state index contributed by atoms with van der Waals surface area (Å²) in [5.74, 6) is 0. The van der Waals surface area contributed by atoms with Crippen molar-refractivity contribution in [2.75, 3.05) is 6.54 Å². The van der Waals surface area contributed by atoms with Gasteiger partial charge in [-0.05, 0) is 42.1 Å². The summed E-state index contributed by atoms with van der Waals surface area (Å²) in [6, 6.07) is 10.7. The Kier molecular flexibility index (Phi) is 5.05. The molecule has 0 aliphatic rings. The van der Waals surface area contributed by atoms with Crippen LogP contribution < -0.4 is 4.72 Å². The molecule has 5 nitrogen and oxygen atoms in total. The number of benzene rings is 1. The molecule has 0 atom stereocenters. The lowest BCUT2D eigenvalue weighted by Crippen LogP contribution is -2.28. The highest BCUT2D eigenvalue weighted by Gasteiger charge is 2.17. The Morgan fingerprint density at radius 3 is 2.83 bits per heavy atom. The van der Waals surface area contributed by atoms with Gasteiger partial charge in [-0.3, -0.25) is 4.68 Å². The van der Waals surface area contributed by atoms with E-state index in [0.717, 1.165) is 10.6 Å². The maximum Gasteiger partial charge on any atom is 0.240 e. The molecule has 3 aromatic rings. The van der Waals surface area contributed by atoms with Crippen molar-refractivity contribution < 1.29 is 8.42 Å². The molecule has 0 aliphatic heterocycles. The molecule has 0 saturated heterocycles. The molecule has 0 spiro atoms. The molecule has 0 amide bonds. The van der Waals surface area contributed by atoms with Crippen molar-refractivity contribution in [3.8, 4) is 10.6 Å². The second-order valence-electron chi connectivity index (χ2n) is 5.20. The Morgan fingerprint density at radius 2 is 2.08 bits per heavy atom. The first-order valence-corrected chi connectivity index (χ1v) is 10.0. The number of sulfonamides is 1. The molecule has 2 heterocycles. The number of hydrogen-bond acceptors (Lipinski definition) is 4. The van der Waals surface area contributed by atoms with Crippen molar-refractivity contribution in [1.29, 1.82) is 0 Å². The van der Waals surface area contributed by atoms with Crippen LogP contribution in [0.2, 0.25) is 5.02 Å². The van der Waals surface area contributed by atoms with Crippen molar-refractivity contribution in [1.82, 2.24) is 14.5 Å². The van der Waals surface area contributed by atoms with Crippen LogP contribution in [0.15, 0.2) is 52.9 Å². The van der Waals surface area contributed by atoms with E-state index in [1.165, 1.54) is 0 Å². The molecule has 126 valence electrons. The van der Waals surface area contributed by atoms with Gasteiger partial charge >= 0.3 is 0 Å². The molecule has 0 aliphatic carbocycles. The van der Waals surface area contributed by atoms with E-state index in [9.17, 15) is 8.42 Å². The molecule has 0 radical (unpaired) electrons. The first-order chi connectivity index (χ1) is 11.5. The summed E-state index contributed by atoms with van der Waals surface area (Å²) in [6.07, 6.45) is 1.84. The van der Waals surface area contributed by atoms with Crippen LogP contribution >= 0.6 is 22.9 Å². The van der Waals surface area contributed by atoms with Gasteiger partial charge in [0, 0.05) is 17.8 Å². The fourth-order valence-electron chi connectivity index (χ4n) is 2.29. The first-order valence-electron chi connectivity index (χ1n) is 7.29. The number of halogens is 1. The predicted molar refractivity (Wildman–Crippen MR) is 96.9 cm³/mol. The molecule has 8 heteroatoms. The van der Waals surface area contributed by atoms with Crippen LogP contribution in [0, 0.1) is 6.92 Å². The number of aromatic nitrogens is 2. The minimum atomic E-state index is -3.59. The fourth-order valence-corrected chi connectivity index (χ4v) is 4.50. The third-order valence-electron chi connectivity index (χ3n) is 3.55. The molecule has 0 bridgehead atoms. The molecule has 3 rings (SSSR count). The van der Waals surface area contributed by atoms with E-state index in [4.69, 9.17) is 11.6 Å². The number of nitrogens with one attached hydrogen (secondary N) is 1. The maximum atomic E-state index is 12.4. The summed E-state index contributed by atoms with van der Waals surface area (Å²) < 4.78 is 29.1. The lowest BCUT2D eigenvalue weighted by molar-refractivity contribution is 0.561. The largest absolute Gasteiger partial charge is 0.271 e. The summed E-state index contributed by atoms with van der Waals surface area (Å²) in [7, 11) is -3.59. The Labute approximate surface area is 150 Å². The minimum absolute atomic E-state index is 0.203. The molecule has 0 fully saturated rings. The summed E-state index contributed by atoms with van der Waals surface area (Å²) in [4.78, 5) is 1.29. The van der Waals surface area contributed by atoms with Gasteiger partial charge in [0.2, 0.25) is 10.0 Å². The van der Waals surface area contributed by atoms with Gasteiger partial charge in [0.15, 0.2) is 0 Å². The zero-order valence-corrected chi connectivity index (χ0v) is 15.3. The van der Waals surface area contributed by atoms with Crippen LogP contribution in [0.4, 0.5) is 0 Å². The topological polar surface area (TPSA) is 64.0 Å². The van der Waals surface area contributed by atoms with Crippen LogP contribution in [0.5, 0.6) is 0 Å². The molecule has 1 aromatic carbocycles. The van der Waals surface area contributed by atoms with Gasteiger partial charge in [0.1, 0.15) is 5.69 Å². The molecular formula is C16H16ClN3O2S2. The molecule has 0 unspecified atom stereocenters. The standard InChI is InChI=1S/C16H16ClN3O2S2/c1-12-13(17)4-2-6-16(12)24(21,22)18-8-10-20-9-7-14(19-20)15-5-3-11-23-15/h2-7,9,11,18H,8,10H2,1H3. The Bertz CT molecular complexity index is 934. The van der Waals surface area contributed by atoms with Gasteiger partial charge in [-0.25, -0.2) is 13.1 Å². The number of nitrogens with zero attached hydrogens (tertiary/aromatic N) is 2. The average Bonchev–Trinajstić information content (AvgIpc) is 3.20. The van der Waals surface area contributed by atoms with Crippen LogP contribution in [0.3, 0.4) is 0 Å². The maximum absolute atomic E-state index is 12.4. The van der Waals surface area contributed by atoms with Crippen molar-refractivity contribution in [2.24, 2.45) is 0 Å². The van der Waals surface area contributed by atoms with E-state index >= 15 is 0 Å². The highest BCUT2D eigenvalue weighted by Crippen LogP contribution is 2.23. The zero-order chi connectivity index (χ0) is 17.2. The summed E-state index contributed by atoms with van der Waals surface area (Å²) in [5.41, 5.74) is 1.43. The Balaban J connectivity index is 1.65. The Hall–Kier alpha value is -1.67. The van der Waals surface area contributed by atoms with E-state index < -0.39 is 10.0 Å². The monoisotopic (exact) mass is 381 g/mol. The second-order valence-corrected chi connectivity index (χ2v) is 8.29. The third-order valence-corrected chi connectivity index (χ3v) is 6.46. The van der Waals surface area contributed by atoms with Gasteiger partial charge < -0.3 is 0 Å². The summed E-state index contributed by atoms with van der Waals surface area (Å²) in [6.45, 7) is 2.39. The average molecular weight is 382 g/mol. The zero-order valence-electron chi connectivity index (χ0n) is 12.9. The Morgan fingerprint density at radius 1 is 1.25 bits per heavy atom. The molecule has 24 heavy (non-hydrogen) atoms. The molecule has 2 aromatic heterocycles. The fraction of sp³-hybridized carbons (Fsp3) is 0.188. The summed E-state index contributed by atoms with van der Waals surface area (Å²) in [5, 5.41) is 6.88. The highest BCUT2D eigenvalue weighted by molar-refractivity contribution is 7.89. The highest BCUT2D eigenvalue weighted by atomic mass is 35.5. The number of thiophene rings is 1. The second kappa shape index (κ2) is 7.06. The van der Waals surface area contributed by atoms with Gasteiger partial charge in [0.05, 0.1) is 16.3 Å². The van der Waals surface area contributed by atoms with Crippen molar-refractivity contribution in [3.05, 3.63) is 58.6 Å². The van der Waals surface area contributed by atoms with Crippen molar-refractivity contribution >= 4 is 33.0 Å². The van der Waals surface area contributed by atoms with Gasteiger partial charge in [-0.2, -0.15) is 5.10 Å². The van der Waals surface area contributed by atoms with Gasteiger partial charge in [0.25, 0.3) is 0 Å². The predicted octanol–water partition coefficient (Wildman–Crippen LogP) is 3.55. The van der Waals surface area contributed by atoms with Crippen LogP contribution in [0.25, 0.3) is 10.6 Å². The molecular weight excluding hydrogens is 366 g/mol. The quantitative estimate of drug-likeness (QED) is 0.710. The first kappa shape index (κ1) is 17.2. The molecule has 1 N–H and O–H groups in total. The number of rotatable bonds is 6. The van der Waals surface area contributed by atoms with E-state index in [0.29, 0.717) is 17.1 Å². The SMILES string of the molecule is Cc1c(Cl)cccc1S(=O)(=O)NCCn1ccc(-c2cccs2)n1. The van der Waals surface area contributed by atoms with Crippen LogP contribution in [-0.4, -0.2) is 24.7 Å². The molecule has 0 saturated carbocycles. The van der Waals surface area contributed by atoms with E-state index in [1.54, 1.807) is 41.1 Å². The van der Waals surface area contributed by atoms with E-state index in [-0.39, 0.29) is 11.4 Å². The van der Waals surface area contributed by atoms with Crippen LogP contribution in [-0.2, 0) is 16.6 Å². The normalized spacial score (nSPS) is 11.8. The van der Waals surface area contributed by atoms with Gasteiger partial charge in [-0.15, -0.1) is 11.3 Å². The van der Waals surface area contributed by atoms with Gasteiger partial charge in [-0.1, -0.05) is 23.7 Å². The third kappa shape index (κ3) is 3.70. The smallest absolute Gasteiger partial charge is 0.240 e. The number of hydrogen-bond donors (Lipinski definition) is 1. The van der Waals surface area contributed by atoms with Crippen molar-refractivity contribution in [2.45, 2.75) is 18.4 Å². The lowest BCUT2D eigenvalue weighted by Gasteiger charge is -2.10. The summed E-state index contributed by atoms with van der Waals surface area (Å²) >= 11 is 7.61. The van der Waals surface area contributed by atoms with E-state index in [2.05, 4.69) is 9.82 Å². The van der Waals surface area contributed by atoms with Crippen LogP contribution in [0.1, 0.15) is 5.56 Å². The van der Waals surface area contributed by atoms with Crippen molar-refractivity contribution in [3.63, 3.8) is 0 Å².